The normalized spacial score (nSPS) is 13.7. The molecule has 6 heteroatoms. The second kappa shape index (κ2) is 8.61. The number of aryl methyl sites for hydroxylation is 1. The predicted octanol–water partition coefficient (Wildman–Crippen LogP) is 2.97. The minimum Gasteiger partial charge on any atom is -0.481 e. The summed E-state index contributed by atoms with van der Waals surface area (Å²) >= 11 is 11.7. The zero-order valence-corrected chi connectivity index (χ0v) is 14.6. The number of aliphatic carboxylic acids is 1. The summed E-state index contributed by atoms with van der Waals surface area (Å²) in [7, 11) is 0. The summed E-state index contributed by atoms with van der Waals surface area (Å²) in [6, 6.07) is 6.02. The second-order valence-corrected chi connectivity index (χ2v) is 6.46. The molecule has 0 saturated carbocycles. The van der Waals surface area contributed by atoms with Crippen molar-refractivity contribution in [3.63, 3.8) is 0 Å². The molecule has 1 atom stereocenters. The maximum atomic E-state index is 11.2. The van der Waals surface area contributed by atoms with Gasteiger partial charge in [0.2, 0.25) is 0 Å². The van der Waals surface area contributed by atoms with E-state index in [4.69, 9.17) is 28.9 Å². The third-order valence-corrected chi connectivity index (χ3v) is 4.28. The third kappa shape index (κ3) is 4.77. The van der Waals surface area contributed by atoms with Gasteiger partial charge in [-0.25, -0.2) is 0 Å². The van der Waals surface area contributed by atoms with Crippen molar-refractivity contribution in [2.45, 2.75) is 25.7 Å². The number of anilines is 1. The van der Waals surface area contributed by atoms with E-state index in [-0.39, 0.29) is 13.0 Å². The van der Waals surface area contributed by atoms with Crippen LogP contribution in [0.3, 0.4) is 0 Å². The number of alkyl halides is 2. The molecule has 4 nitrogen and oxygen atoms in total. The summed E-state index contributed by atoms with van der Waals surface area (Å²) in [5, 5.41) is 9.18. The first-order valence-electron chi connectivity index (χ1n) is 7.28. The molecule has 22 heavy (non-hydrogen) atoms. The van der Waals surface area contributed by atoms with Crippen molar-refractivity contribution in [3.8, 4) is 0 Å². The lowest BCUT2D eigenvalue weighted by Crippen LogP contribution is -2.35. The molecule has 0 bridgehead atoms. The summed E-state index contributed by atoms with van der Waals surface area (Å²) < 4.78 is 0. The zero-order chi connectivity index (χ0) is 16.8. The lowest BCUT2D eigenvalue weighted by Gasteiger charge is -2.31. The lowest BCUT2D eigenvalue weighted by atomic mass is 9.77. The average molecular weight is 347 g/mol. The number of nitrogens with two attached hydrogens (primary N) is 1. The summed E-state index contributed by atoms with van der Waals surface area (Å²) in [4.78, 5) is 13.3. The molecule has 1 unspecified atom stereocenters. The van der Waals surface area contributed by atoms with Gasteiger partial charge in [-0.05, 0) is 30.2 Å². The van der Waals surface area contributed by atoms with Gasteiger partial charge < -0.3 is 15.7 Å². The molecule has 1 aromatic rings. The molecule has 0 aliphatic heterocycles. The van der Waals surface area contributed by atoms with Crippen molar-refractivity contribution < 1.29 is 9.90 Å². The molecule has 124 valence electrons. The molecule has 1 aromatic carbocycles. The van der Waals surface area contributed by atoms with Gasteiger partial charge in [0.05, 0.1) is 6.42 Å². The van der Waals surface area contributed by atoms with Crippen LogP contribution < -0.4 is 10.6 Å². The van der Waals surface area contributed by atoms with Crippen LogP contribution in [0.25, 0.3) is 0 Å². The first-order chi connectivity index (χ1) is 10.4. The van der Waals surface area contributed by atoms with Gasteiger partial charge in [-0.1, -0.05) is 13.0 Å². The van der Waals surface area contributed by atoms with E-state index in [2.05, 4.69) is 4.90 Å². The number of hydrogen-bond acceptors (Lipinski definition) is 3. The van der Waals surface area contributed by atoms with Crippen LogP contribution in [-0.4, -0.2) is 42.5 Å². The first-order valence-corrected chi connectivity index (χ1v) is 8.34. The summed E-state index contributed by atoms with van der Waals surface area (Å²) in [5.41, 5.74) is 8.27. The van der Waals surface area contributed by atoms with Crippen LogP contribution in [0.2, 0.25) is 0 Å². The predicted molar refractivity (Wildman–Crippen MR) is 93.5 cm³/mol. The van der Waals surface area contributed by atoms with Gasteiger partial charge in [0.1, 0.15) is 0 Å². The fourth-order valence-corrected chi connectivity index (χ4v) is 3.05. The fourth-order valence-electron chi connectivity index (χ4n) is 2.64. The van der Waals surface area contributed by atoms with Gasteiger partial charge in [-0.2, -0.15) is 0 Å². The number of carbonyl (C=O) groups is 1. The zero-order valence-electron chi connectivity index (χ0n) is 13.1. The van der Waals surface area contributed by atoms with E-state index < -0.39 is 11.4 Å². The van der Waals surface area contributed by atoms with Crippen molar-refractivity contribution in [1.82, 2.24) is 0 Å². The summed E-state index contributed by atoms with van der Waals surface area (Å²) in [5.74, 6) is 0.156. The summed E-state index contributed by atoms with van der Waals surface area (Å²) in [6.07, 6.45) is -0.00118. The van der Waals surface area contributed by atoms with Crippen LogP contribution >= 0.6 is 23.2 Å². The van der Waals surface area contributed by atoms with Crippen molar-refractivity contribution in [2.75, 3.05) is 36.3 Å². The Bertz CT molecular complexity index is 505. The van der Waals surface area contributed by atoms with Crippen LogP contribution in [0.4, 0.5) is 5.69 Å². The standard InChI is InChI=1S/C16H24Cl2N2O2/c1-12-3-4-13(20(7-5-17)8-6-18)9-14(12)16(2,11-19)10-15(21)22/h3-4,9H,5-8,10-11,19H2,1-2H3,(H,21,22). The molecule has 0 aromatic heterocycles. The topological polar surface area (TPSA) is 66.6 Å². The van der Waals surface area contributed by atoms with E-state index in [9.17, 15) is 9.90 Å². The number of benzene rings is 1. The van der Waals surface area contributed by atoms with E-state index in [1.807, 2.05) is 32.0 Å². The maximum absolute atomic E-state index is 11.2. The average Bonchev–Trinajstić information content (AvgIpc) is 2.46. The van der Waals surface area contributed by atoms with Gasteiger partial charge >= 0.3 is 5.97 Å². The van der Waals surface area contributed by atoms with E-state index in [0.717, 1.165) is 16.8 Å². The highest BCUT2D eigenvalue weighted by Crippen LogP contribution is 2.32. The van der Waals surface area contributed by atoms with Crippen LogP contribution in [0.5, 0.6) is 0 Å². The molecule has 0 fully saturated rings. The largest absolute Gasteiger partial charge is 0.481 e. The van der Waals surface area contributed by atoms with Gasteiger partial charge in [0.25, 0.3) is 0 Å². The van der Waals surface area contributed by atoms with Crippen LogP contribution in [-0.2, 0) is 10.2 Å². The third-order valence-electron chi connectivity index (χ3n) is 3.94. The van der Waals surface area contributed by atoms with E-state index in [0.29, 0.717) is 24.8 Å². The molecular formula is C16H24Cl2N2O2. The van der Waals surface area contributed by atoms with E-state index in [1.165, 1.54) is 0 Å². The molecule has 0 radical (unpaired) electrons. The number of nitrogens with zero attached hydrogens (tertiary/aromatic N) is 1. The molecule has 1 rings (SSSR count). The van der Waals surface area contributed by atoms with Crippen molar-refractivity contribution in [3.05, 3.63) is 29.3 Å². The van der Waals surface area contributed by atoms with Crippen LogP contribution in [0, 0.1) is 6.92 Å². The molecule has 3 N–H and O–H groups in total. The number of carboxylic acid groups (broad SMARTS) is 1. The van der Waals surface area contributed by atoms with Gasteiger partial charge in [-0.3, -0.25) is 4.79 Å². The Morgan fingerprint density at radius 2 is 1.91 bits per heavy atom. The minimum absolute atomic E-state index is 0.00118. The smallest absolute Gasteiger partial charge is 0.304 e. The monoisotopic (exact) mass is 346 g/mol. The van der Waals surface area contributed by atoms with Crippen molar-refractivity contribution >= 4 is 34.9 Å². The Labute approximate surface area is 142 Å². The molecule has 0 spiro atoms. The SMILES string of the molecule is Cc1ccc(N(CCCl)CCCl)cc1C(C)(CN)CC(=O)O. The Hall–Kier alpha value is -0.970. The van der Waals surface area contributed by atoms with Crippen molar-refractivity contribution in [2.24, 2.45) is 5.73 Å². The van der Waals surface area contributed by atoms with Gasteiger partial charge in [0.15, 0.2) is 0 Å². The quantitative estimate of drug-likeness (QED) is 0.674. The molecule has 0 heterocycles. The Morgan fingerprint density at radius 1 is 1.32 bits per heavy atom. The van der Waals surface area contributed by atoms with Crippen LogP contribution in [0.1, 0.15) is 24.5 Å². The minimum atomic E-state index is -0.851. The fraction of sp³-hybridized carbons (Fsp3) is 0.562. The van der Waals surface area contributed by atoms with Crippen LogP contribution in [0.15, 0.2) is 18.2 Å². The lowest BCUT2D eigenvalue weighted by molar-refractivity contribution is -0.138. The number of hydrogen-bond donors (Lipinski definition) is 2. The van der Waals surface area contributed by atoms with E-state index >= 15 is 0 Å². The maximum Gasteiger partial charge on any atom is 0.304 e. The Kier molecular flexibility index (Phi) is 7.46. The molecule has 0 aliphatic carbocycles. The molecule has 0 aliphatic rings. The van der Waals surface area contributed by atoms with Gasteiger partial charge in [0, 0.05) is 42.5 Å². The second-order valence-electron chi connectivity index (χ2n) is 5.70. The highest BCUT2D eigenvalue weighted by atomic mass is 35.5. The Balaban J connectivity index is 3.24. The first kappa shape index (κ1) is 19.1. The Morgan fingerprint density at radius 3 is 2.36 bits per heavy atom. The van der Waals surface area contributed by atoms with Crippen molar-refractivity contribution in [1.29, 1.82) is 0 Å². The molecule has 0 saturated heterocycles. The molecular weight excluding hydrogens is 323 g/mol. The molecule has 0 amide bonds. The number of rotatable bonds is 9. The van der Waals surface area contributed by atoms with Gasteiger partial charge in [-0.15, -0.1) is 23.2 Å². The van der Waals surface area contributed by atoms with E-state index in [1.54, 1.807) is 0 Å². The highest BCUT2D eigenvalue weighted by Gasteiger charge is 2.30. The summed E-state index contributed by atoms with van der Waals surface area (Å²) in [6.45, 7) is 5.52. The number of carboxylic acids is 1. The number of halogens is 2. The highest BCUT2D eigenvalue weighted by molar-refractivity contribution is 6.18.